The zero-order valence-electron chi connectivity index (χ0n) is 13.2. The molecular formula is C14H17N5O4S. The van der Waals surface area contributed by atoms with Crippen LogP contribution in [-0.4, -0.2) is 57.1 Å². The highest BCUT2D eigenvalue weighted by Crippen LogP contribution is 2.30. The van der Waals surface area contributed by atoms with E-state index in [1.165, 1.54) is 21.1 Å². The van der Waals surface area contributed by atoms with Gasteiger partial charge in [0.25, 0.3) is 0 Å². The lowest BCUT2D eigenvalue weighted by Crippen LogP contribution is -2.30. The molecule has 0 unspecified atom stereocenters. The molecule has 0 radical (unpaired) electrons. The Morgan fingerprint density at radius 3 is 2.67 bits per heavy atom. The number of hydrogen-bond donors (Lipinski definition) is 1. The average molecular weight is 351 g/mol. The average Bonchev–Trinajstić information content (AvgIpc) is 3.13. The summed E-state index contributed by atoms with van der Waals surface area (Å²) in [7, 11) is -2.11. The number of aliphatic carboxylic acids is 1. The Balaban J connectivity index is 1.94. The maximum Gasteiger partial charge on any atom is 0.308 e. The minimum Gasteiger partial charge on any atom is -0.481 e. The molecule has 128 valence electrons. The summed E-state index contributed by atoms with van der Waals surface area (Å²) >= 11 is 0. The van der Waals surface area contributed by atoms with Gasteiger partial charge in [-0.05, 0) is 28.5 Å². The van der Waals surface area contributed by atoms with Crippen molar-refractivity contribution < 1.29 is 18.3 Å². The van der Waals surface area contributed by atoms with E-state index in [1.54, 1.807) is 26.1 Å². The molecule has 1 fully saturated rings. The van der Waals surface area contributed by atoms with Crippen molar-refractivity contribution in [3.8, 4) is 11.4 Å². The number of hydrogen-bond acceptors (Lipinski definition) is 6. The lowest BCUT2D eigenvalue weighted by Gasteiger charge is -2.16. The number of aromatic nitrogens is 4. The van der Waals surface area contributed by atoms with E-state index >= 15 is 0 Å². The second-order valence-corrected chi connectivity index (χ2v) is 7.84. The summed E-state index contributed by atoms with van der Waals surface area (Å²) in [5.74, 6) is -1.45. The molecule has 2 atom stereocenters. The number of carbonyl (C=O) groups is 1. The van der Waals surface area contributed by atoms with Gasteiger partial charge in [-0.2, -0.15) is 4.31 Å². The molecule has 2 heterocycles. The third-order valence-electron chi connectivity index (χ3n) is 4.25. The van der Waals surface area contributed by atoms with Crippen LogP contribution in [0.4, 0.5) is 0 Å². The summed E-state index contributed by atoms with van der Waals surface area (Å²) in [6, 6.07) is 6.32. The number of carboxylic acid groups (broad SMARTS) is 1. The third-order valence-corrected chi connectivity index (χ3v) is 6.07. The van der Waals surface area contributed by atoms with Crippen LogP contribution in [0.2, 0.25) is 0 Å². The minimum atomic E-state index is -3.77. The van der Waals surface area contributed by atoms with Gasteiger partial charge < -0.3 is 5.11 Å². The molecule has 1 N–H and O–H groups in total. The van der Waals surface area contributed by atoms with Crippen LogP contribution in [0.3, 0.4) is 0 Å². The van der Waals surface area contributed by atoms with Crippen LogP contribution in [-0.2, 0) is 21.9 Å². The van der Waals surface area contributed by atoms with E-state index in [0.29, 0.717) is 11.4 Å². The van der Waals surface area contributed by atoms with Crippen molar-refractivity contribution >= 4 is 16.0 Å². The molecule has 9 nitrogen and oxygen atoms in total. The summed E-state index contributed by atoms with van der Waals surface area (Å²) in [5, 5.41) is 20.3. The Kier molecular flexibility index (Phi) is 4.10. The highest BCUT2D eigenvalue weighted by Gasteiger charge is 2.40. The Hall–Kier alpha value is -2.33. The van der Waals surface area contributed by atoms with Crippen LogP contribution in [0.5, 0.6) is 0 Å². The first kappa shape index (κ1) is 16.5. The van der Waals surface area contributed by atoms with Gasteiger partial charge in [-0.25, -0.2) is 13.1 Å². The first-order valence-electron chi connectivity index (χ1n) is 7.36. The molecule has 1 aromatic heterocycles. The van der Waals surface area contributed by atoms with Crippen LogP contribution >= 0.6 is 0 Å². The topological polar surface area (TPSA) is 118 Å². The molecule has 1 aromatic carbocycles. The van der Waals surface area contributed by atoms with E-state index in [-0.39, 0.29) is 23.9 Å². The molecular weight excluding hydrogens is 334 g/mol. The zero-order chi connectivity index (χ0) is 17.5. The number of benzene rings is 1. The molecule has 0 spiro atoms. The second-order valence-electron chi connectivity index (χ2n) is 5.90. The van der Waals surface area contributed by atoms with Crippen LogP contribution in [0.1, 0.15) is 6.92 Å². The minimum absolute atomic E-state index is 0.0193. The number of carboxylic acids is 1. The summed E-state index contributed by atoms with van der Waals surface area (Å²) in [4.78, 5) is 11.3. The highest BCUT2D eigenvalue weighted by molar-refractivity contribution is 7.89. The molecule has 1 aliphatic heterocycles. The van der Waals surface area contributed by atoms with Crippen molar-refractivity contribution in [1.82, 2.24) is 24.5 Å². The van der Waals surface area contributed by atoms with E-state index < -0.39 is 21.9 Å². The molecule has 0 aliphatic carbocycles. The lowest BCUT2D eigenvalue weighted by atomic mass is 9.99. The molecule has 10 heteroatoms. The predicted octanol–water partition coefficient (Wildman–Crippen LogP) is 0.218. The number of sulfonamides is 1. The van der Waals surface area contributed by atoms with Crippen LogP contribution in [0, 0.1) is 11.8 Å². The Labute approximate surface area is 138 Å². The van der Waals surface area contributed by atoms with Gasteiger partial charge in [-0.1, -0.05) is 19.1 Å². The number of tetrazole rings is 1. The van der Waals surface area contributed by atoms with Crippen LogP contribution < -0.4 is 0 Å². The first-order chi connectivity index (χ1) is 11.3. The predicted molar refractivity (Wildman–Crippen MR) is 83.3 cm³/mol. The molecule has 1 saturated heterocycles. The number of nitrogens with zero attached hydrogens (tertiary/aromatic N) is 5. The van der Waals surface area contributed by atoms with Gasteiger partial charge in [-0.15, -0.1) is 5.10 Å². The van der Waals surface area contributed by atoms with Crippen molar-refractivity contribution in [3.05, 3.63) is 24.3 Å². The number of rotatable bonds is 4. The Morgan fingerprint density at radius 1 is 1.33 bits per heavy atom. The van der Waals surface area contributed by atoms with Gasteiger partial charge in [-0.3, -0.25) is 4.79 Å². The summed E-state index contributed by atoms with van der Waals surface area (Å²) in [6.07, 6.45) is 0. The van der Waals surface area contributed by atoms with Gasteiger partial charge in [0.2, 0.25) is 10.0 Å². The van der Waals surface area contributed by atoms with Crippen molar-refractivity contribution in [2.45, 2.75) is 11.8 Å². The maximum atomic E-state index is 12.8. The fraction of sp³-hybridized carbons (Fsp3) is 0.429. The van der Waals surface area contributed by atoms with E-state index in [1.807, 2.05) is 0 Å². The van der Waals surface area contributed by atoms with Crippen molar-refractivity contribution in [2.75, 3.05) is 13.1 Å². The monoisotopic (exact) mass is 351 g/mol. The van der Waals surface area contributed by atoms with Gasteiger partial charge in [0.1, 0.15) is 0 Å². The van der Waals surface area contributed by atoms with Gasteiger partial charge >= 0.3 is 5.97 Å². The van der Waals surface area contributed by atoms with Gasteiger partial charge in [0.15, 0.2) is 5.82 Å². The summed E-state index contributed by atoms with van der Waals surface area (Å²) in [5.41, 5.74) is 0.575. The van der Waals surface area contributed by atoms with Crippen molar-refractivity contribution in [3.63, 3.8) is 0 Å². The van der Waals surface area contributed by atoms with Crippen molar-refractivity contribution in [2.24, 2.45) is 18.9 Å². The smallest absolute Gasteiger partial charge is 0.308 e. The van der Waals surface area contributed by atoms with Gasteiger partial charge in [0, 0.05) is 25.7 Å². The van der Waals surface area contributed by atoms with Crippen LogP contribution in [0.25, 0.3) is 11.4 Å². The number of aryl methyl sites for hydroxylation is 1. The quantitative estimate of drug-likeness (QED) is 0.837. The zero-order valence-corrected chi connectivity index (χ0v) is 14.0. The molecule has 2 aromatic rings. The van der Waals surface area contributed by atoms with E-state index in [0.717, 1.165) is 0 Å². The SMILES string of the molecule is C[C@@H]1CN(S(=O)(=O)c2cccc(-c3nnnn3C)c2)C[C@H]1C(=O)O. The summed E-state index contributed by atoms with van der Waals surface area (Å²) < 4.78 is 28.3. The lowest BCUT2D eigenvalue weighted by molar-refractivity contribution is -0.142. The second kappa shape index (κ2) is 5.95. The Morgan fingerprint density at radius 2 is 2.08 bits per heavy atom. The molecule has 0 bridgehead atoms. The fourth-order valence-electron chi connectivity index (χ4n) is 2.86. The highest BCUT2D eigenvalue weighted by atomic mass is 32.2. The molecule has 0 saturated carbocycles. The van der Waals surface area contributed by atoms with E-state index in [9.17, 15) is 18.3 Å². The van der Waals surface area contributed by atoms with Gasteiger partial charge in [0.05, 0.1) is 10.8 Å². The summed E-state index contributed by atoms with van der Waals surface area (Å²) in [6.45, 7) is 1.92. The van der Waals surface area contributed by atoms with Crippen LogP contribution in [0.15, 0.2) is 29.2 Å². The fourth-order valence-corrected chi connectivity index (χ4v) is 4.47. The van der Waals surface area contributed by atoms with E-state index in [2.05, 4.69) is 15.5 Å². The Bertz CT molecular complexity index is 879. The third kappa shape index (κ3) is 2.78. The van der Waals surface area contributed by atoms with E-state index in [4.69, 9.17) is 0 Å². The molecule has 0 amide bonds. The molecule has 24 heavy (non-hydrogen) atoms. The first-order valence-corrected chi connectivity index (χ1v) is 8.80. The van der Waals surface area contributed by atoms with Crippen molar-refractivity contribution in [1.29, 1.82) is 0 Å². The molecule has 3 rings (SSSR count). The standard InChI is InChI=1S/C14H17N5O4S/c1-9-7-19(8-12(9)14(20)21)24(22,23)11-5-3-4-10(6-11)13-15-16-17-18(13)2/h3-6,9,12H,7-8H2,1-2H3,(H,20,21)/t9-,12-/m1/s1. The maximum absolute atomic E-state index is 12.8. The largest absolute Gasteiger partial charge is 0.481 e. The molecule has 1 aliphatic rings. The normalized spacial score (nSPS) is 21.9.